The van der Waals surface area contributed by atoms with Gasteiger partial charge < -0.3 is 9.47 Å². The van der Waals surface area contributed by atoms with Crippen LogP contribution in [0, 0.1) is 0 Å². The van der Waals surface area contributed by atoms with Crippen molar-refractivity contribution in [2.45, 2.75) is 12.8 Å². The molecule has 2 aromatic carbocycles. The summed E-state index contributed by atoms with van der Waals surface area (Å²) in [6, 6.07) is 12.4. The van der Waals surface area contributed by atoms with Crippen molar-refractivity contribution in [3.63, 3.8) is 0 Å². The van der Waals surface area contributed by atoms with E-state index in [2.05, 4.69) is 40.2 Å². The van der Waals surface area contributed by atoms with Gasteiger partial charge in [0.2, 0.25) is 0 Å². The molecule has 1 heterocycles. The zero-order chi connectivity index (χ0) is 15.5. The second kappa shape index (κ2) is 6.53. The van der Waals surface area contributed by atoms with Crippen LogP contribution in [0.3, 0.4) is 0 Å². The molecule has 2 aromatic rings. The first-order valence-electron chi connectivity index (χ1n) is 7.25. The van der Waals surface area contributed by atoms with Gasteiger partial charge in [-0.2, -0.15) is 0 Å². The molecular weight excluding hydrogens is 342 g/mol. The predicted octanol–water partition coefficient (Wildman–Crippen LogP) is 4.05. The quantitative estimate of drug-likeness (QED) is 0.824. The van der Waals surface area contributed by atoms with Crippen molar-refractivity contribution < 1.29 is 9.47 Å². The van der Waals surface area contributed by atoms with E-state index < -0.39 is 0 Å². The van der Waals surface area contributed by atoms with Gasteiger partial charge in [-0.05, 0) is 35.7 Å². The second-order valence-electron chi connectivity index (χ2n) is 5.21. The van der Waals surface area contributed by atoms with Crippen LogP contribution >= 0.6 is 15.9 Å². The highest BCUT2D eigenvalue weighted by Gasteiger charge is 2.19. The van der Waals surface area contributed by atoms with E-state index in [1.165, 1.54) is 16.7 Å². The van der Waals surface area contributed by atoms with Gasteiger partial charge in [0.25, 0.3) is 0 Å². The Morgan fingerprint density at radius 3 is 2.55 bits per heavy atom. The molecule has 0 N–H and O–H groups in total. The van der Waals surface area contributed by atoms with Crippen molar-refractivity contribution >= 4 is 21.6 Å². The Morgan fingerprint density at radius 1 is 1.09 bits per heavy atom. The van der Waals surface area contributed by atoms with Crippen molar-refractivity contribution in [1.82, 2.24) is 0 Å². The van der Waals surface area contributed by atoms with Crippen LogP contribution in [0.25, 0.3) is 0 Å². The third kappa shape index (κ3) is 2.88. The lowest BCUT2D eigenvalue weighted by Crippen LogP contribution is -2.16. The van der Waals surface area contributed by atoms with E-state index in [0.717, 1.165) is 41.1 Å². The van der Waals surface area contributed by atoms with E-state index in [4.69, 9.17) is 14.5 Å². The highest BCUT2D eigenvalue weighted by atomic mass is 79.9. The standard InChI is InChI=1S/C18H18BrNO2/c1-21-17-10-12-7-8-20-16(14(12)11-18(17)22-2)9-13-5-3-4-6-15(13)19/h3-6,10-11H,7-9H2,1-2H3. The van der Waals surface area contributed by atoms with Gasteiger partial charge in [-0.1, -0.05) is 34.1 Å². The molecule has 0 aromatic heterocycles. The van der Waals surface area contributed by atoms with Gasteiger partial charge in [0.15, 0.2) is 11.5 Å². The molecule has 3 nitrogen and oxygen atoms in total. The molecule has 0 radical (unpaired) electrons. The molecule has 0 fully saturated rings. The van der Waals surface area contributed by atoms with Gasteiger partial charge in [-0.3, -0.25) is 4.99 Å². The molecule has 3 rings (SSSR count). The fourth-order valence-corrected chi connectivity index (χ4v) is 3.19. The Balaban J connectivity index is 1.99. The Kier molecular flexibility index (Phi) is 4.48. The molecule has 0 bridgehead atoms. The number of ether oxygens (including phenoxy) is 2. The van der Waals surface area contributed by atoms with E-state index in [1.54, 1.807) is 14.2 Å². The first kappa shape index (κ1) is 15.1. The van der Waals surface area contributed by atoms with E-state index >= 15 is 0 Å². The molecule has 0 amide bonds. The number of aliphatic imine (C=N–C) groups is 1. The predicted molar refractivity (Wildman–Crippen MR) is 92.5 cm³/mol. The summed E-state index contributed by atoms with van der Waals surface area (Å²) < 4.78 is 12.0. The summed E-state index contributed by atoms with van der Waals surface area (Å²) in [4.78, 5) is 4.74. The number of fused-ring (bicyclic) bond motifs is 1. The lowest BCUT2D eigenvalue weighted by atomic mass is 9.93. The summed E-state index contributed by atoms with van der Waals surface area (Å²) in [7, 11) is 3.33. The van der Waals surface area contributed by atoms with E-state index in [0.29, 0.717) is 0 Å². The summed E-state index contributed by atoms with van der Waals surface area (Å²) >= 11 is 3.61. The third-order valence-corrected chi connectivity index (χ3v) is 4.69. The molecule has 1 aliphatic rings. The van der Waals surface area contributed by atoms with Gasteiger partial charge in [-0.25, -0.2) is 0 Å². The van der Waals surface area contributed by atoms with Crippen LogP contribution in [0.5, 0.6) is 11.5 Å². The van der Waals surface area contributed by atoms with Crippen molar-refractivity contribution in [2.75, 3.05) is 20.8 Å². The molecule has 0 spiro atoms. The van der Waals surface area contributed by atoms with Crippen LogP contribution in [0.1, 0.15) is 16.7 Å². The van der Waals surface area contributed by atoms with E-state index in [9.17, 15) is 0 Å². The number of rotatable bonds is 4. The fourth-order valence-electron chi connectivity index (χ4n) is 2.77. The zero-order valence-electron chi connectivity index (χ0n) is 12.7. The summed E-state index contributed by atoms with van der Waals surface area (Å²) in [5.41, 5.74) is 4.78. The number of nitrogens with zero attached hydrogens (tertiary/aromatic N) is 1. The van der Waals surface area contributed by atoms with Crippen molar-refractivity contribution in [3.8, 4) is 11.5 Å². The lowest BCUT2D eigenvalue weighted by molar-refractivity contribution is 0.354. The summed E-state index contributed by atoms with van der Waals surface area (Å²) in [5.74, 6) is 1.53. The van der Waals surface area contributed by atoms with E-state index in [1.807, 2.05) is 12.1 Å². The van der Waals surface area contributed by atoms with Gasteiger partial charge in [0, 0.05) is 28.7 Å². The highest BCUT2D eigenvalue weighted by molar-refractivity contribution is 9.10. The number of benzene rings is 2. The van der Waals surface area contributed by atoms with Crippen LogP contribution in [-0.2, 0) is 12.8 Å². The highest BCUT2D eigenvalue weighted by Crippen LogP contribution is 2.33. The number of hydrogen-bond donors (Lipinski definition) is 0. The number of halogens is 1. The second-order valence-corrected chi connectivity index (χ2v) is 6.07. The maximum Gasteiger partial charge on any atom is 0.161 e. The molecule has 114 valence electrons. The molecule has 0 unspecified atom stereocenters. The maximum atomic E-state index is 5.44. The van der Waals surface area contributed by atoms with Gasteiger partial charge in [0.05, 0.1) is 14.2 Å². The molecule has 0 saturated heterocycles. The van der Waals surface area contributed by atoms with Crippen LogP contribution in [0.2, 0.25) is 0 Å². The largest absolute Gasteiger partial charge is 0.493 e. The topological polar surface area (TPSA) is 30.8 Å². The fraction of sp³-hybridized carbons (Fsp3) is 0.278. The molecule has 22 heavy (non-hydrogen) atoms. The molecule has 1 aliphatic heterocycles. The van der Waals surface area contributed by atoms with Crippen molar-refractivity contribution in [3.05, 3.63) is 57.6 Å². The smallest absolute Gasteiger partial charge is 0.161 e. The minimum absolute atomic E-state index is 0.753. The molecule has 0 aliphatic carbocycles. The monoisotopic (exact) mass is 359 g/mol. The van der Waals surface area contributed by atoms with Crippen LogP contribution in [0.4, 0.5) is 0 Å². The van der Waals surface area contributed by atoms with E-state index in [-0.39, 0.29) is 0 Å². The Morgan fingerprint density at radius 2 is 1.82 bits per heavy atom. The Labute approximate surface area is 139 Å². The lowest BCUT2D eigenvalue weighted by Gasteiger charge is -2.20. The maximum absolute atomic E-state index is 5.44. The Hall–Kier alpha value is -1.81. The SMILES string of the molecule is COc1cc2c(cc1OC)C(Cc1ccccc1Br)=NCC2. The first-order chi connectivity index (χ1) is 10.7. The molecule has 0 saturated carbocycles. The van der Waals surface area contributed by atoms with Crippen LogP contribution in [0.15, 0.2) is 45.9 Å². The van der Waals surface area contributed by atoms with Gasteiger partial charge in [-0.15, -0.1) is 0 Å². The third-order valence-electron chi connectivity index (χ3n) is 3.92. The van der Waals surface area contributed by atoms with Crippen molar-refractivity contribution in [2.24, 2.45) is 4.99 Å². The molecular formula is C18H18BrNO2. The van der Waals surface area contributed by atoms with Crippen molar-refractivity contribution in [1.29, 1.82) is 0 Å². The first-order valence-corrected chi connectivity index (χ1v) is 8.04. The molecule has 4 heteroatoms. The van der Waals surface area contributed by atoms with Crippen LogP contribution < -0.4 is 9.47 Å². The summed E-state index contributed by atoms with van der Waals surface area (Å²) in [5, 5.41) is 0. The zero-order valence-corrected chi connectivity index (χ0v) is 14.3. The minimum Gasteiger partial charge on any atom is -0.493 e. The summed E-state index contributed by atoms with van der Waals surface area (Å²) in [6.45, 7) is 0.822. The van der Waals surface area contributed by atoms with Gasteiger partial charge >= 0.3 is 0 Å². The number of hydrogen-bond acceptors (Lipinski definition) is 3. The minimum atomic E-state index is 0.753. The van der Waals surface area contributed by atoms with Gasteiger partial charge in [0.1, 0.15) is 0 Å². The normalized spacial score (nSPS) is 13.3. The molecule has 0 atom stereocenters. The average Bonchev–Trinajstić information content (AvgIpc) is 2.56. The average molecular weight is 360 g/mol. The summed E-state index contributed by atoms with van der Waals surface area (Å²) in [6.07, 6.45) is 1.75. The Bertz CT molecular complexity index is 725. The van der Waals surface area contributed by atoms with Crippen LogP contribution in [-0.4, -0.2) is 26.5 Å². The number of methoxy groups -OCH3 is 2.